The highest BCUT2D eigenvalue weighted by Crippen LogP contribution is 2.37. The Balaban J connectivity index is 2.34. The topological polar surface area (TPSA) is 34.1 Å². The van der Waals surface area contributed by atoms with E-state index in [4.69, 9.17) is 0 Å². The maximum atomic E-state index is 12.9. The summed E-state index contributed by atoms with van der Waals surface area (Å²) < 4.78 is 25.7. The van der Waals surface area contributed by atoms with Crippen molar-refractivity contribution in [2.45, 2.75) is 42.9 Å². The molecular weight excluding hydrogens is 268 g/mol. The highest BCUT2D eigenvalue weighted by atomic mass is 32.2. The molecule has 0 aliphatic carbocycles. The quantitative estimate of drug-likeness (QED) is 0.722. The van der Waals surface area contributed by atoms with Crippen LogP contribution >= 0.6 is 0 Å². The third kappa shape index (κ3) is 1.88. The Morgan fingerprint density at radius 3 is 2.45 bits per heavy atom. The Morgan fingerprint density at radius 1 is 1.00 bits per heavy atom. The van der Waals surface area contributed by atoms with E-state index in [1.165, 1.54) is 5.56 Å². The number of fused-ring (bicyclic) bond motifs is 2. The summed E-state index contributed by atoms with van der Waals surface area (Å²) in [6, 6.07) is 11.4. The van der Waals surface area contributed by atoms with Crippen molar-refractivity contribution in [2.75, 3.05) is 0 Å². The molecule has 1 heterocycles. The summed E-state index contributed by atoms with van der Waals surface area (Å²) in [6.07, 6.45) is 2.39. The van der Waals surface area contributed by atoms with Crippen LogP contribution in [0, 0.1) is 0 Å². The van der Waals surface area contributed by atoms with Gasteiger partial charge in [0.05, 0.1) is 9.79 Å². The van der Waals surface area contributed by atoms with E-state index in [2.05, 4.69) is 13.0 Å². The maximum absolute atomic E-state index is 12.9. The van der Waals surface area contributed by atoms with Crippen LogP contribution in [0.4, 0.5) is 0 Å². The SMILES string of the molecule is CCc1cc(CC)c2c(c1)Cc1ccccc1S2(=O)=O. The van der Waals surface area contributed by atoms with Crippen molar-refractivity contribution in [1.29, 1.82) is 0 Å². The molecule has 2 nitrogen and oxygen atoms in total. The van der Waals surface area contributed by atoms with Crippen molar-refractivity contribution in [2.24, 2.45) is 0 Å². The van der Waals surface area contributed by atoms with Crippen LogP contribution in [0.25, 0.3) is 0 Å². The van der Waals surface area contributed by atoms with Gasteiger partial charge >= 0.3 is 0 Å². The lowest BCUT2D eigenvalue weighted by Crippen LogP contribution is -2.17. The fraction of sp³-hybridized carbons (Fsp3) is 0.294. The van der Waals surface area contributed by atoms with E-state index in [1.807, 2.05) is 25.1 Å². The average molecular weight is 286 g/mol. The van der Waals surface area contributed by atoms with Gasteiger partial charge in [0, 0.05) is 6.42 Å². The fourth-order valence-electron chi connectivity index (χ4n) is 3.00. The molecule has 104 valence electrons. The van der Waals surface area contributed by atoms with Gasteiger partial charge in [-0.05, 0) is 41.2 Å². The normalized spacial score (nSPS) is 15.5. The van der Waals surface area contributed by atoms with Gasteiger partial charge in [-0.25, -0.2) is 8.42 Å². The van der Waals surface area contributed by atoms with Crippen LogP contribution in [-0.2, 0) is 29.1 Å². The lowest BCUT2D eigenvalue weighted by Gasteiger charge is -2.23. The second kappa shape index (κ2) is 4.74. The molecule has 0 amide bonds. The molecule has 2 aromatic rings. The molecular formula is C17H18O2S. The van der Waals surface area contributed by atoms with Crippen molar-refractivity contribution in [3.8, 4) is 0 Å². The molecule has 1 aliphatic heterocycles. The van der Waals surface area contributed by atoms with Gasteiger partial charge in [-0.1, -0.05) is 44.2 Å². The Labute approximate surface area is 120 Å². The second-order valence-electron chi connectivity index (χ2n) is 5.24. The highest BCUT2D eigenvalue weighted by molar-refractivity contribution is 7.91. The molecule has 0 aromatic heterocycles. The monoisotopic (exact) mass is 286 g/mol. The molecule has 0 N–H and O–H groups in total. The van der Waals surface area contributed by atoms with Gasteiger partial charge in [-0.3, -0.25) is 0 Å². The summed E-state index contributed by atoms with van der Waals surface area (Å²) in [5.41, 5.74) is 4.04. The summed E-state index contributed by atoms with van der Waals surface area (Å²) in [4.78, 5) is 1.03. The minimum Gasteiger partial charge on any atom is -0.218 e. The third-order valence-electron chi connectivity index (χ3n) is 4.00. The van der Waals surface area contributed by atoms with Crippen LogP contribution in [0.15, 0.2) is 46.2 Å². The van der Waals surface area contributed by atoms with Crippen LogP contribution < -0.4 is 0 Å². The lowest BCUT2D eigenvalue weighted by atomic mass is 9.97. The third-order valence-corrected chi connectivity index (χ3v) is 6.04. The van der Waals surface area contributed by atoms with E-state index in [0.717, 1.165) is 29.5 Å². The van der Waals surface area contributed by atoms with Crippen LogP contribution in [0.1, 0.15) is 36.1 Å². The van der Waals surface area contributed by atoms with Crippen LogP contribution in [0.2, 0.25) is 0 Å². The zero-order valence-corrected chi connectivity index (χ0v) is 12.6. The molecule has 0 saturated heterocycles. The van der Waals surface area contributed by atoms with Gasteiger partial charge < -0.3 is 0 Å². The van der Waals surface area contributed by atoms with Crippen molar-refractivity contribution in [3.63, 3.8) is 0 Å². The van der Waals surface area contributed by atoms with Gasteiger partial charge in [-0.2, -0.15) is 0 Å². The first-order valence-electron chi connectivity index (χ1n) is 7.05. The Kier molecular flexibility index (Phi) is 3.17. The fourth-order valence-corrected chi connectivity index (χ4v) is 4.98. The largest absolute Gasteiger partial charge is 0.218 e. The molecule has 0 fully saturated rings. The van der Waals surface area contributed by atoms with Gasteiger partial charge in [0.1, 0.15) is 0 Å². The van der Waals surface area contributed by atoms with Crippen molar-refractivity contribution in [3.05, 3.63) is 58.7 Å². The Bertz CT molecular complexity index is 774. The standard InChI is InChI=1S/C17H18O2S/c1-3-12-9-13(4-2)17-15(10-12)11-14-7-5-6-8-16(14)20(17,18)19/h5-10H,3-4,11H2,1-2H3. The first-order chi connectivity index (χ1) is 9.57. The Morgan fingerprint density at radius 2 is 1.75 bits per heavy atom. The van der Waals surface area contributed by atoms with Crippen molar-refractivity contribution in [1.82, 2.24) is 0 Å². The molecule has 3 heteroatoms. The van der Waals surface area contributed by atoms with E-state index in [1.54, 1.807) is 12.1 Å². The predicted molar refractivity (Wildman–Crippen MR) is 79.9 cm³/mol. The molecule has 0 spiro atoms. The van der Waals surface area contributed by atoms with E-state index < -0.39 is 9.84 Å². The number of rotatable bonds is 2. The van der Waals surface area contributed by atoms with Crippen LogP contribution in [-0.4, -0.2) is 8.42 Å². The van der Waals surface area contributed by atoms with Gasteiger partial charge in [-0.15, -0.1) is 0 Å². The van der Waals surface area contributed by atoms with Gasteiger partial charge in [0.25, 0.3) is 0 Å². The summed E-state index contributed by atoms with van der Waals surface area (Å²) >= 11 is 0. The maximum Gasteiger partial charge on any atom is 0.207 e. The molecule has 0 unspecified atom stereocenters. The Hall–Kier alpha value is -1.61. The molecule has 1 aliphatic rings. The summed E-state index contributed by atoms with van der Waals surface area (Å²) in [5, 5.41) is 0. The van der Waals surface area contributed by atoms with Gasteiger partial charge in [0.2, 0.25) is 9.84 Å². The average Bonchev–Trinajstić information content (AvgIpc) is 2.46. The van der Waals surface area contributed by atoms with Gasteiger partial charge in [0.15, 0.2) is 0 Å². The number of benzene rings is 2. The van der Waals surface area contributed by atoms with E-state index in [-0.39, 0.29) is 0 Å². The summed E-state index contributed by atoms with van der Waals surface area (Å²) in [5.74, 6) is 0. The molecule has 0 bridgehead atoms. The first kappa shape index (κ1) is 13.4. The summed E-state index contributed by atoms with van der Waals surface area (Å²) in [7, 11) is -3.37. The minimum atomic E-state index is -3.37. The van der Waals surface area contributed by atoms with Crippen molar-refractivity contribution >= 4 is 9.84 Å². The number of hydrogen-bond donors (Lipinski definition) is 0. The van der Waals surface area contributed by atoms with E-state index in [9.17, 15) is 8.42 Å². The number of aryl methyl sites for hydroxylation is 2. The molecule has 20 heavy (non-hydrogen) atoms. The smallest absolute Gasteiger partial charge is 0.207 e. The number of sulfone groups is 1. The van der Waals surface area contributed by atoms with Crippen LogP contribution in [0.3, 0.4) is 0 Å². The molecule has 0 radical (unpaired) electrons. The first-order valence-corrected chi connectivity index (χ1v) is 8.54. The van der Waals surface area contributed by atoms with Crippen molar-refractivity contribution < 1.29 is 8.42 Å². The molecule has 3 rings (SSSR count). The zero-order valence-electron chi connectivity index (χ0n) is 11.8. The lowest BCUT2D eigenvalue weighted by molar-refractivity contribution is 0.590. The van der Waals surface area contributed by atoms with E-state index in [0.29, 0.717) is 16.2 Å². The van der Waals surface area contributed by atoms with E-state index >= 15 is 0 Å². The highest BCUT2D eigenvalue weighted by Gasteiger charge is 2.31. The molecule has 2 aromatic carbocycles. The predicted octanol–water partition coefficient (Wildman–Crippen LogP) is 3.55. The number of hydrogen-bond acceptors (Lipinski definition) is 2. The van der Waals surface area contributed by atoms with Crippen LogP contribution in [0.5, 0.6) is 0 Å². The second-order valence-corrected chi connectivity index (χ2v) is 7.09. The zero-order chi connectivity index (χ0) is 14.3. The molecule has 0 atom stereocenters. The molecule has 0 saturated carbocycles. The summed E-state index contributed by atoms with van der Waals surface area (Å²) in [6.45, 7) is 4.12. The minimum absolute atomic E-state index is 0.478.